The molecule has 5 nitrogen and oxygen atoms in total. The number of nitrogens with one attached hydrogen (secondary N) is 1. The second-order valence-electron chi connectivity index (χ2n) is 9.00. The zero-order valence-electron chi connectivity index (χ0n) is 18.6. The number of rotatable bonds is 5. The van der Waals surface area contributed by atoms with Crippen LogP contribution >= 0.6 is 24.0 Å². The van der Waals surface area contributed by atoms with Gasteiger partial charge in [-0.05, 0) is 62.1 Å². The van der Waals surface area contributed by atoms with E-state index in [9.17, 15) is 0 Å². The van der Waals surface area contributed by atoms with Crippen molar-refractivity contribution in [2.75, 3.05) is 46.5 Å². The number of aliphatic imine (C=N–C) groups is 1. The maximum Gasteiger partial charge on any atom is 0.193 e. The average molecular weight is 527 g/mol. The van der Waals surface area contributed by atoms with E-state index in [-0.39, 0.29) is 29.4 Å². The lowest BCUT2D eigenvalue weighted by Crippen LogP contribution is -2.43. The van der Waals surface area contributed by atoms with Gasteiger partial charge in [0, 0.05) is 38.3 Å². The quantitative estimate of drug-likeness (QED) is 0.349. The fourth-order valence-electron chi connectivity index (χ4n) is 5.48. The van der Waals surface area contributed by atoms with Crippen LogP contribution in [0.1, 0.15) is 51.0 Å². The highest BCUT2D eigenvalue weighted by Gasteiger charge is 2.37. The number of likely N-dealkylation sites (tertiary alicyclic amines) is 1. The molecule has 0 spiro atoms. The van der Waals surface area contributed by atoms with Crippen LogP contribution in [0.15, 0.2) is 29.3 Å². The first-order chi connectivity index (χ1) is 14.2. The Balaban J connectivity index is 0.00000256. The number of halogens is 1. The number of guanidine groups is 1. The Morgan fingerprint density at radius 3 is 2.33 bits per heavy atom. The van der Waals surface area contributed by atoms with Gasteiger partial charge in [0.15, 0.2) is 5.96 Å². The van der Waals surface area contributed by atoms with Gasteiger partial charge in [-0.25, -0.2) is 0 Å². The molecule has 1 N–H and O–H groups in total. The van der Waals surface area contributed by atoms with Gasteiger partial charge in [-0.1, -0.05) is 25.0 Å². The molecule has 3 aliphatic rings. The number of fused-ring (bicyclic) bond motifs is 1. The molecule has 2 saturated heterocycles. The topological polar surface area (TPSA) is 46.1 Å². The van der Waals surface area contributed by atoms with Gasteiger partial charge in [-0.2, -0.15) is 0 Å². The van der Waals surface area contributed by atoms with Crippen LogP contribution in [0.5, 0.6) is 5.75 Å². The van der Waals surface area contributed by atoms with Crippen LogP contribution in [0, 0.1) is 11.8 Å². The molecule has 168 valence electrons. The van der Waals surface area contributed by atoms with Crippen molar-refractivity contribution >= 4 is 29.9 Å². The van der Waals surface area contributed by atoms with Crippen LogP contribution in [-0.2, 0) is 10.2 Å². The van der Waals surface area contributed by atoms with Crippen molar-refractivity contribution in [3.63, 3.8) is 0 Å². The van der Waals surface area contributed by atoms with Gasteiger partial charge in [0.2, 0.25) is 0 Å². The molecule has 1 aromatic rings. The fourth-order valence-corrected chi connectivity index (χ4v) is 5.48. The molecule has 0 radical (unpaired) electrons. The molecule has 4 rings (SSSR count). The van der Waals surface area contributed by atoms with Crippen molar-refractivity contribution in [3.8, 4) is 5.75 Å². The van der Waals surface area contributed by atoms with Crippen LogP contribution in [0.25, 0.3) is 0 Å². The summed E-state index contributed by atoms with van der Waals surface area (Å²) in [6.45, 7) is 7.88. The van der Waals surface area contributed by atoms with E-state index in [1.807, 2.05) is 0 Å². The largest absolute Gasteiger partial charge is 0.497 e. The van der Waals surface area contributed by atoms with E-state index < -0.39 is 0 Å². The van der Waals surface area contributed by atoms with Gasteiger partial charge >= 0.3 is 0 Å². The van der Waals surface area contributed by atoms with Crippen LogP contribution in [0.4, 0.5) is 0 Å². The van der Waals surface area contributed by atoms with Crippen molar-refractivity contribution in [1.29, 1.82) is 0 Å². The normalized spacial score (nSPS) is 25.9. The molecule has 2 unspecified atom stereocenters. The molecule has 2 heterocycles. The number of methoxy groups -OCH3 is 1. The monoisotopic (exact) mass is 527 g/mol. The summed E-state index contributed by atoms with van der Waals surface area (Å²) >= 11 is 0. The molecule has 2 aliphatic heterocycles. The highest BCUT2D eigenvalue weighted by Crippen LogP contribution is 2.38. The third-order valence-corrected chi connectivity index (χ3v) is 7.29. The van der Waals surface area contributed by atoms with Gasteiger partial charge in [0.05, 0.1) is 13.7 Å². The van der Waals surface area contributed by atoms with E-state index in [0.717, 1.165) is 62.7 Å². The maximum absolute atomic E-state index is 5.71. The van der Waals surface area contributed by atoms with Gasteiger partial charge in [-0.3, -0.25) is 4.99 Å². The smallest absolute Gasteiger partial charge is 0.193 e. The first-order valence-corrected chi connectivity index (χ1v) is 11.5. The molecule has 1 aliphatic carbocycles. The van der Waals surface area contributed by atoms with Crippen molar-refractivity contribution in [3.05, 3.63) is 29.8 Å². The number of benzene rings is 1. The molecule has 0 aromatic heterocycles. The molecule has 0 bridgehead atoms. The highest BCUT2D eigenvalue weighted by molar-refractivity contribution is 14.0. The lowest BCUT2D eigenvalue weighted by molar-refractivity contribution is 0.0530. The third kappa shape index (κ3) is 5.23. The minimum atomic E-state index is 0. The van der Waals surface area contributed by atoms with Crippen molar-refractivity contribution in [1.82, 2.24) is 10.2 Å². The third-order valence-electron chi connectivity index (χ3n) is 7.29. The van der Waals surface area contributed by atoms with Crippen LogP contribution in [-0.4, -0.2) is 57.4 Å². The highest BCUT2D eigenvalue weighted by atomic mass is 127. The number of nitrogens with zero attached hydrogens (tertiary/aromatic N) is 2. The number of hydrogen-bond acceptors (Lipinski definition) is 3. The van der Waals surface area contributed by atoms with Crippen molar-refractivity contribution < 1.29 is 9.47 Å². The van der Waals surface area contributed by atoms with Crippen molar-refractivity contribution in [2.24, 2.45) is 16.8 Å². The maximum atomic E-state index is 5.71. The second-order valence-corrected chi connectivity index (χ2v) is 9.00. The zero-order valence-corrected chi connectivity index (χ0v) is 20.9. The summed E-state index contributed by atoms with van der Waals surface area (Å²) < 4.78 is 11.1. The molecule has 1 saturated carbocycles. The van der Waals surface area contributed by atoms with Crippen molar-refractivity contribution in [2.45, 2.75) is 50.9 Å². The Bertz CT molecular complexity index is 674. The molecule has 0 amide bonds. The molecule has 3 fully saturated rings. The summed E-state index contributed by atoms with van der Waals surface area (Å²) in [5.74, 6) is 3.76. The minimum Gasteiger partial charge on any atom is -0.497 e. The fraction of sp³-hybridized carbons (Fsp3) is 0.708. The summed E-state index contributed by atoms with van der Waals surface area (Å²) in [4.78, 5) is 7.75. The van der Waals surface area contributed by atoms with E-state index in [2.05, 4.69) is 41.4 Å². The molecule has 6 heteroatoms. The van der Waals surface area contributed by atoms with E-state index in [1.165, 1.54) is 44.3 Å². The summed E-state index contributed by atoms with van der Waals surface area (Å²) in [5, 5.41) is 3.59. The zero-order chi connectivity index (χ0) is 20.1. The Hall–Kier alpha value is -1.02. The van der Waals surface area contributed by atoms with E-state index >= 15 is 0 Å². The van der Waals surface area contributed by atoms with Gasteiger partial charge < -0.3 is 19.7 Å². The predicted molar refractivity (Wildman–Crippen MR) is 133 cm³/mol. The number of hydrogen-bond donors (Lipinski definition) is 1. The van der Waals surface area contributed by atoms with Crippen LogP contribution in [0.3, 0.4) is 0 Å². The lowest BCUT2D eigenvalue weighted by atomic mass is 9.74. The molecular formula is C24H38IN3O2. The molecule has 2 atom stereocenters. The SMILES string of the molecule is CCNC(=NCC1(c2ccc(OC)cc2)CCOCC1)N1CC2CCCCC2C1.I. The first kappa shape index (κ1) is 23.6. The second kappa shape index (κ2) is 11.0. The molecule has 30 heavy (non-hydrogen) atoms. The Labute approximate surface area is 199 Å². The first-order valence-electron chi connectivity index (χ1n) is 11.5. The number of ether oxygens (including phenoxy) is 2. The molecular weight excluding hydrogens is 489 g/mol. The van der Waals surface area contributed by atoms with Crippen LogP contribution < -0.4 is 10.1 Å². The predicted octanol–water partition coefficient (Wildman–Crippen LogP) is 4.45. The lowest BCUT2D eigenvalue weighted by Gasteiger charge is -2.37. The molecule has 1 aromatic carbocycles. The van der Waals surface area contributed by atoms with E-state index in [1.54, 1.807) is 7.11 Å². The summed E-state index contributed by atoms with van der Waals surface area (Å²) in [6, 6.07) is 8.59. The summed E-state index contributed by atoms with van der Waals surface area (Å²) in [6.07, 6.45) is 7.65. The Morgan fingerprint density at radius 2 is 1.77 bits per heavy atom. The Morgan fingerprint density at radius 1 is 1.13 bits per heavy atom. The Kier molecular flexibility index (Phi) is 8.69. The van der Waals surface area contributed by atoms with Gasteiger partial charge in [0.1, 0.15) is 5.75 Å². The minimum absolute atomic E-state index is 0. The summed E-state index contributed by atoms with van der Waals surface area (Å²) in [7, 11) is 1.72. The van der Waals surface area contributed by atoms with Gasteiger partial charge in [-0.15, -0.1) is 24.0 Å². The van der Waals surface area contributed by atoms with Crippen LogP contribution in [0.2, 0.25) is 0 Å². The van der Waals surface area contributed by atoms with E-state index in [4.69, 9.17) is 14.5 Å². The average Bonchev–Trinajstić information content (AvgIpc) is 3.21. The standard InChI is InChI=1S/C24H37N3O2.HI/c1-3-25-23(27-16-19-6-4-5-7-20(19)17-27)26-18-24(12-14-29-15-13-24)21-8-10-22(28-2)11-9-21;/h8-11,19-20H,3-7,12-18H2,1-2H3,(H,25,26);1H. The van der Waals surface area contributed by atoms with Gasteiger partial charge in [0.25, 0.3) is 0 Å². The van der Waals surface area contributed by atoms with E-state index in [0.29, 0.717) is 0 Å². The summed E-state index contributed by atoms with van der Waals surface area (Å²) in [5.41, 5.74) is 1.41.